The summed E-state index contributed by atoms with van der Waals surface area (Å²) >= 11 is 6.68. The van der Waals surface area contributed by atoms with Gasteiger partial charge < -0.3 is 78.3 Å². The first-order chi connectivity index (χ1) is 67.9. The molecule has 6 amide bonds. The smallest absolute Gasteiger partial charge is 0.473 e. The Morgan fingerprint density at radius 1 is 0.434 bits per heavy atom. The molecule has 1 unspecified atom stereocenters. The highest BCUT2D eigenvalue weighted by Crippen LogP contribution is 2.41. The first kappa shape index (κ1) is 110. The Kier molecular flexibility index (Phi) is 39.9. The minimum absolute atomic E-state index is 0.187. The molecular formula is C111H136BBr2N13O16. The summed E-state index contributed by atoms with van der Waals surface area (Å²) in [6.07, 6.45) is 18.5. The number of imide groups is 1. The fraction of sp³-hybridized carbons (Fsp3) is 0.405. The van der Waals surface area contributed by atoms with Gasteiger partial charge in [0.1, 0.15) is 60.5 Å². The number of pyridine rings is 6. The fourth-order valence-electron chi connectivity index (χ4n) is 15.1. The van der Waals surface area contributed by atoms with Crippen molar-refractivity contribution in [3.8, 4) is 23.5 Å². The summed E-state index contributed by atoms with van der Waals surface area (Å²) in [5.41, 5.74) is 22.1. The van der Waals surface area contributed by atoms with Crippen LogP contribution in [0.5, 0.6) is 23.5 Å². The number of likely N-dealkylation sites (tertiary alicyclic amines) is 1. The van der Waals surface area contributed by atoms with Gasteiger partial charge >= 0.3 is 31.5 Å². The molecule has 10 aromatic rings. The van der Waals surface area contributed by atoms with E-state index in [9.17, 15) is 28.8 Å². The maximum absolute atomic E-state index is 12.4. The topological polar surface area (TPSA) is 349 Å². The van der Waals surface area contributed by atoms with Crippen LogP contribution in [0.1, 0.15) is 218 Å². The van der Waals surface area contributed by atoms with Crippen molar-refractivity contribution in [2.45, 2.75) is 235 Å². The van der Waals surface area contributed by atoms with Crippen LogP contribution in [0.25, 0.3) is 11.1 Å². The van der Waals surface area contributed by atoms with E-state index < -0.39 is 22.4 Å². The number of anilines is 2. The van der Waals surface area contributed by atoms with Crippen molar-refractivity contribution < 1.29 is 76.0 Å². The lowest BCUT2D eigenvalue weighted by Crippen LogP contribution is -2.41. The predicted molar refractivity (Wildman–Crippen MR) is 562 cm³/mol. The van der Waals surface area contributed by atoms with Crippen LogP contribution in [0.4, 0.5) is 30.8 Å². The highest BCUT2D eigenvalue weighted by atomic mass is 79.9. The molecule has 0 bridgehead atoms. The molecule has 6 aromatic heterocycles. The van der Waals surface area contributed by atoms with E-state index in [2.05, 4.69) is 75.3 Å². The van der Waals surface area contributed by atoms with Gasteiger partial charge in [-0.3, -0.25) is 24.9 Å². The Morgan fingerprint density at radius 2 is 0.846 bits per heavy atom. The third-order valence-corrected chi connectivity index (χ3v) is 24.6. The van der Waals surface area contributed by atoms with Crippen molar-refractivity contribution >= 4 is 97.9 Å². The minimum Gasteiger partial charge on any atom is -0.473 e. The summed E-state index contributed by atoms with van der Waals surface area (Å²) in [4.78, 5) is 105. The molecule has 16 rings (SSSR count). The van der Waals surface area contributed by atoms with Crippen LogP contribution in [-0.2, 0) is 77.1 Å². The molecule has 5 N–H and O–H groups in total. The van der Waals surface area contributed by atoms with E-state index in [-0.39, 0.29) is 60.4 Å². The molecule has 4 aromatic carbocycles. The summed E-state index contributed by atoms with van der Waals surface area (Å²) in [7, 11) is -0.314. The number of benzene rings is 4. The van der Waals surface area contributed by atoms with Gasteiger partial charge in [-0.25, -0.2) is 29.1 Å². The number of nitrogens with zero attached hydrogens (tertiary/aromatic N) is 10. The third kappa shape index (κ3) is 37.0. The van der Waals surface area contributed by atoms with Gasteiger partial charge in [0.15, 0.2) is 0 Å². The number of hydrogen-bond donors (Lipinski definition) is 3. The highest BCUT2D eigenvalue weighted by Gasteiger charge is 2.53. The van der Waals surface area contributed by atoms with Gasteiger partial charge in [-0.1, -0.05) is 152 Å². The summed E-state index contributed by atoms with van der Waals surface area (Å²) in [6.45, 7) is 37.4. The number of ether oxygens (including phenoxy) is 8. The molecule has 0 saturated carbocycles. The van der Waals surface area contributed by atoms with Crippen LogP contribution in [0.3, 0.4) is 0 Å². The summed E-state index contributed by atoms with van der Waals surface area (Å²) in [5, 5.41) is 2.39. The Labute approximate surface area is 858 Å². The van der Waals surface area contributed by atoms with Crippen LogP contribution in [0, 0.1) is 5.92 Å². The molecule has 3 saturated heterocycles. The van der Waals surface area contributed by atoms with Crippen LogP contribution in [0.2, 0.25) is 0 Å². The molecule has 6 aliphatic heterocycles. The number of nitrogens with two attached hydrogens (primary N) is 2. The zero-order chi connectivity index (χ0) is 103. The highest BCUT2D eigenvalue weighted by molar-refractivity contribution is 9.10. The van der Waals surface area contributed by atoms with E-state index in [0.29, 0.717) is 146 Å². The van der Waals surface area contributed by atoms with Gasteiger partial charge in [0.25, 0.3) is 0 Å². The minimum atomic E-state index is -0.502. The standard InChI is InChI=1S/C35H37N3O4.C21H29N3O4.C19H16BrNO2.C16H28BNO4.C15H21N3O2.C5H5BrN2/c1-35(2,3)42-34(39)38-20-18-28(19-21-38)30-14-16-31(36-23-30)22-29-15-17-32(40-24-26-10-6-4-7-11-26)37-33(29)41-25-27-12-8-5-9-13-27;1-21(2,3)28-20(27)24-10-8-14(9-11-24)16-4-6-17(22-13-16)12-15-5-7-18(25)23-19(15)26;20-17-11-12-18(22-13-15-7-3-1-4-8-15)21-19(17)23-14-16-9-5-2-6-10-16;1-14(2,3)20-13(19)18-10-8-12(9-11-18)17-21-15(4,5)16(6,7)22-17;1-15(2,3)20-14(19)18-8-6-11(7-9-18)12-4-5-13(16)17-10-12;6-4-1-2-5(7)8-3-4/h4-18,23H,19-22,24-25H2,1-3H3;4,6,13-15H,5,7-12H2,1-3H3,(H,23,25,26);1-12H,13-14H2;8H,9-11H2,1-7H3;4-6,10H,7-9H2,1-3H3,(H2,16,17);1-3H,(H2,7,8). The summed E-state index contributed by atoms with van der Waals surface area (Å²) < 4.78 is 59.3. The second-order valence-corrected chi connectivity index (χ2v) is 42.0. The lowest BCUT2D eigenvalue weighted by molar-refractivity contribution is -0.136. The predicted octanol–water partition coefficient (Wildman–Crippen LogP) is 22.3. The molecule has 0 aliphatic carbocycles. The van der Waals surface area contributed by atoms with Crippen molar-refractivity contribution in [1.82, 2.24) is 54.8 Å². The molecule has 143 heavy (non-hydrogen) atoms. The maximum Gasteiger partial charge on any atom is 0.490 e. The number of halogens is 2. The summed E-state index contributed by atoms with van der Waals surface area (Å²) in [6, 6.07) is 63.1. The number of hydrogen-bond acceptors (Lipinski definition) is 24. The van der Waals surface area contributed by atoms with Crippen LogP contribution >= 0.6 is 31.9 Å². The second-order valence-electron chi connectivity index (χ2n) is 40.3. The van der Waals surface area contributed by atoms with Gasteiger partial charge in [0.05, 0.1) is 15.7 Å². The zero-order valence-electron chi connectivity index (χ0n) is 85.0. The Hall–Kier alpha value is -13.0. The molecule has 1 atom stereocenters. The van der Waals surface area contributed by atoms with E-state index >= 15 is 0 Å². The van der Waals surface area contributed by atoms with Crippen LogP contribution < -0.4 is 35.7 Å². The van der Waals surface area contributed by atoms with E-state index in [0.717, 1.165) is 102 Å². The second kappa shape index (κ2) is 51.8. The van der Waals surface area contributed by atoms with Gasteiger partial charge in [0, 0.05) is 136 Å². The van der Waals surface area contributed by atoms with Crippen LogP contribution in [-0.4, -0.2) is 179 Å². The first-order valence-electron chi connectivity index (χ1n) is 48.4. The molecule has 32 heteroatoms. The van der Waals surface area contributed by atoms with Crippen molar-refractivity contribution in [3.63, 3.8) is 0 Å². The quantitative estimate of drug-likeness (QED) is 0.0362. The molecule has 6 aliphatic rings. The van der Waals surface area contributed by atoms with E-state index in [4.69, 9.17) is 68.6 Å². The molecule has 0 spiro atoms. The number of nitrogen functional groups attached to an aromatic ring is 2. The Morgan fingerprint density at radius 3 is 1.24 bits per heavy atom. The van der Waals surface area contributed by atoms with Gasteiger partial charge in [0.2, 0.25) is 35.3 Å². The van der Waals surface area contributed by atoms with Gasteiger partial charge in [-0.15, -0.1) is 0 Å². The average molecular weight is 2080 g/mol. The maximum atomic E-state index is 12.4. The Balaban J connectivity index is 0.000000171. The first-order valence-corrected chi connectivity index (χ1v) is 50.0. The normalized spacial score (nSPS) is 16.2. The lowest BCUT2D eigenvalue weighted by atomic mass is 9.75. The van der Waals surface area contributed by atoms with Crippen molar-refractivity contribution in [1.29, 1.82) is 0 Å². The van der Waals surface area contributed by atoms with Crippen molar-refractivity contribution in [2.75, 3.05) is 63.8 Å². The SMILES string of the molecule is Brc1ccc(OCc2ccccc2)nc1OCc1ccccc1.CC(C)(C)OC(=O)N1CC=C(B2OC(C)(C)C(C)(C)O2)CC1.CC(C)(C)OC(=O)N1CC=C(c2ccc(Cc3ccc(OCc4ccccc4)nc3OCc3ccccc3)nc2)CC1.CC(C)(C)OC(=O)N1CC=C(c2ccc(N)nc2)CC1.CC(C)(C)OC(=O)N1CCC(c2ccc(CC3CCC(=O)NC3=O)nc2)CC1.Nc1ccc(Br)cn1. The molecule has 0 radical (unpaired) electrons. The average Bonchev–Trinajstić information content (AvgIpc) is 1.62. The molecule has 12 heterocycles. The van der Waals surface area contributed by atoms with Crippen molar-refractivity contribution in [2.24, 2.45) is 5.92 Å². The van der Waals surface area contributed by atoms with E-state index in [1.54, 1.807) is 44.1 Å². The number of carbonyl (C=O) groups excluding carboxylic acids is 6. The van der Waals surface area contributed by atoms with E-state index in [1.807, 2.05) is 305 Å². The van der Waals surface area contributed by atoms with Gasteiger partial charge in [-0.2, -0.15) is 9.97 Å². The molecule has 29 nitrogen and oxygen atoms in total. The monoisotopic (exact) mass is 2080 g/mol. The Bertz CT molecular complexity index is 5860. The summed E-state index contributed by atoms with van der Waals surface area (Å²) in [5.74, 6) is 2.97. The fourth-order valence-corrected chi connectivity index (χ4v) is 15.7. The van der Waals surface area contributed by atoms with E-state index in [1.165, 1.54) is 11.1 Å². The number of rotatable bonds is 20. The number of piperidine rings is 2. The number of aromatic nitrogens is 6. The molecule has 3 fully saturated rings. The number of carbonyl (C=O) groups is 6. The lowest BCUT2D eigenvalue weighted by Gasteiger charge is -2.33. The largest absolute Gasteiger partial charge is 0.490 e. The number of nitrogens with one attached hydrogen (secondary N) is 1. The van der Waals surface area contributed by atoms with Gasteiger partial charge in [-0.05, 0) is 291 Å². The molecule has 758 valence electrons. The van der Waals surface area contributed by atoms with Crippen LogP contribution in [0.15, 0.2) is 252 Å². The third-order valence-electron chi connectivity index (χ3n) is 23.5. The molecular weight excluding hydrogens is 1940 g/mol. The van der Waals surface area contributed by atoms with Crippen molar-refractivity contribution in [3.05, 3.63) is 307 Å². The number of amides is 6. The zero-order valence-corrected chi connectivity index (χ0v) is 88.2.